The lowest BCUT2D eigenvalue weighted by molar-refractivity contribution is -0.369. The van der Waals surface area contributed by atoms with Crippen LogP contribution in [0.3, 0.4) is 0 Å². The molecule has 0 radical (unpaired) electrons. The third kappa shape index (κ3) is 9.43. The van der Waals surface area contributed by atoms with Crippen LogP contribution in [-0.2, 0) is 75.8 Å². The highest BCUT2D eigenvalue weighted by molar-refractivity contribution is 5.70. The number of carbonyl (C=O) groups is 1. The van der Waals surface area contributed by atoms with Gasteiger partial charge in [0.15, 0.2) is 17.4 Å². The quantitative estimate of drug-likeness (QED) is 0.199. The molecule has 12 bridgehead atoms. The molecule has 3 spiro atoms. The first-order valence-corrected chi connectivity index (χ1v) is 31.8. The van der Waals surface area contributed by atoms with Crippen LogP contribution in [0.2, 0.25) is 0 Å². The second-order valence-corrected chi connectivity index (χ2v) is 29.2. The molecule has 0 aromatic rings. The van der Waals surface area contributed by atoms with Crippen molar-refractivity contribution in [2.24, 2.45) is 29.6 Å². The van der Waals surface area contributed by atoms with Crippen LogP contribution >= 0.6 is 0 Å². The van der Waals surface area contributed by atoms with Crippen LogP contribution in [0.5, 0.6) is 0 Å². The smallest absolute Gasteiger partial charge is 0.308 e. The fraction of sp³-hybridized carbons (Fsp3) is 0.921. The fourth-order valence-electron chi connectivity index (χ4n) is 18.9. The largest absolute Gasteiger partial charge is 0.459 e. The summed E-state index contributed by atoms with van der Waals surface area (Å²) >= 11 is 0. The highest BCUT2D eigenvalue weighted by Crippen LogP contribution is 2.60. The second kappa shape index (κ2) is 20.2. The van der Waals surface area contributed by atoms with E-state index >= 15 is 0 Å². The summed E-state index contributed by atoms with van der Waals surface area (Å²) in [5.74, 6) is -1.78. The molecule has 0 aromatic heterocycles. The van der Waals surface area contributed by atoms with E-state index in [1.807, 2.05) is 0 Å². The maximum Gasteiger partial charge on any atom is 0.308 e. The average Bonchev–Trinajstić information content (AvgIpc) is 4.37. The van der Waals surface area contributed by atoms with Gasteiger partial charge in [-0.15, -0.1) is 0 Å². The number of rotatable bonds is 3. The topological polar surface area (TPSA) is 159 Å². The molecule has 17 heteroatoms. The molecule has 80 heavy (non-hydrogen) atoms. The molecule has 31 unspecified atom stereocenters. The van der Waals surface area contributed by atoms with Crippen LogP contribution in [0.4, 0.5) is 0 Å². The number of ether oxygens (including phenoxy) is 15. The molecule has 16 saturated heterocycles. The third-order valence-corrected chi connectivity index (χ3v) is 22.8. The zero-order chi connectivity index (χ0) is 54.9. The first-order valence-electron chi connectivity index (χ1n) is 31.8. The molecular formula is C63H93NO16. The van der Waals surface area contributed by atoms with E-state index in [0.29, 0.717) is 56.8 Å². The van der Waals surface area contributed by atoms with Gasteiger partial charge < -0.3 is 76.0 Å². The number of hydrogen-bond acceptors (Lipinski definition) is 17. The van der Waals surface area contributed by atoms with Crippen LogP contribution in [-0.4, -0.2) is 189 Å². The highest BCUT2D eigenvalue weighted by atomic mass is 16.8. The number of carbonyl (C=O) groups excluding carboxylic acids is 1. The lowest BCUT2D eigenvalue weighted by Crippen LogP contribution is -2.62. The van der Waals surface area contributed by atoms with Gasteiger partial charge in [-0.2, -0.15) is 0 Å². The van der Waals surface area contributed by atoms with E-state index in [1.54, 1.807) is 0 Å². The van der Waals surface area contributed by atoms with Crippen LogP contribution in [0.25, 0.3) is 0 Å². The molecule has 16 rings (SSSR count). The van der Waals surface area contributed by atoms with Crippen molar-refractivity contribution in [1.29, 1.82) is 0 Å². The van der Waals surface area contributed by atoms with Gasteiger partial charge in [0.05, 0.1) is 104 Å². The van der Waals surface area contributed by atoms with Gasteiger partial charge in [0.2, 0.25) is 0 Å². The minimum absolute atomic E-state index is 0.000917. The van der Waals surface area contributed by atoms with E-state index in [4.69, 9.17) is 71.1 Å². The Balaban J connectivity index is 0.658. The van der Waals surface area contributed by atoms with Crippen LogP contribution in [0.15, 0.2) is 24.3 Å². The van der Waals surface area contributed by atoms with Crippen molar-refractivity contribution in [2.75, 3.05) is 20.6 Å². The maximum absolute atomic E-state index is 14.6. The predicted octanol–water partition coefficient (Wildman–Crippen LogP) is 7.80. The van der Waals surface area contributed by atoms with Crippen molar-refractivity contribution in [1.82, 2.24) is 4.90 Å². The average molecular weight is 1120 g/mol. The molecule has 446 valence electrons. The summed E-state index contributed by atoms with van der Waals surface area (Å²) in [5, 5.41) is 0. The van der Waals surface area contributed by atoms with Gasteiger partial charge in [-0.1, -0.05) is 47.8 Å². The third-order valence-electron chi connectivity index (χ3n) is 22.8. The van der Waals surface area contributed by atoms with Crippen molar-refractivity contribution in [3.05, 3.63) is 24.3 Å². The Kier molecular flexibility index (Phi) is 13.9. The van der Waals surface area contributed by atoms with Crippen molar-refractivity contribution < 1.29 is 75.8 Å². The van der Waals surface area contributed by atoms with E-state index in [-0.39, 0.29) is 134 Å². The van der Waals surface area contributed by atoms with Crippen molar-refractivity contribution in [3.63, 3.8) is 0 Å². The second-order valence-electron chi connectivity index (χ2n) is 29.2. The lowest BCUT2D eigenvalue weighted by atomic mass is 9.77. The number of nitrogens with zero attached hydrogens (tertiary/aromatic N) is 1. The van der Waals surface area contributed by atoms with E-state index in [2.05, 4.69) is 73.7 Å². The molecule has 16 fully saturated rings. The maximum atomic E-state index is 14.6. The Morgan fingerprint density at radius 3 is 2.05 bits per heavy atom. The zero-order valence-electron chi connectivity index (χ0n) is 48.9. The SMILES string of the molecule is C=C1CC2CCC34CC5(C)OC6C(O3)C3OC(CCC3OC6C5O4)CC(=O)OC3C(CC4OC(CCC1O2)CC(C)C4=C)OC1CC2OC4(CC2OC1C3C)CC1OC2(CC(C)C3OC(CCN(C)C)C(C)CC3O2)CC(C)C1O4. The van der Waals surface area contributed by atoms with Gasteiger partial charge >= 0.3 is 5.97 Å². The van der Waals surface area contributed by atoms with E-state index in [0.717, 1.165) is 81.9 Å². The Bertz CT molecular complexity index is 2390. The van der Waals surface area contributed by atoms with E-state index in [9.17, 15) is 4.79 Å². The van der Waals surface area contributed by atoms with Crippen molar-refractivity contribution in [3.8, 4) is 0 Å². The summed E-state index contributed by atoms with van der Waals surface area (Å²) < 4.78 is 105. The minimum Gasteiger partial charge on any atom is -0.459 e. The van der Waals surface area contributed by atoms with Gasteiger partial charge in [0.1, 0.15) is 42.2 Å². The Labute approximate surface area is 474 Å². The van der Waals surface area contributed by atoms with Gasteiger partial charge in [0, 0.05) is 57.3 Å². The molecule has 31 atom stereocenters. The number of hydrogen-bond donors (Lipinski definition) is 0. The summed E-state index contributed by atoms with van der Waals surface area (Å²) in [4.78, 5) is 16.9. The molecule has 0 N–H and O–H groups in total. The van der Waals surface area contributed by atoms with Crippen molar-refractivity contribution >= 4 is 5.97 Å². The zero-order valence-corrected chi connectivity index (χ0v) is 48.9. The van der Waals surface area contributed by atoms with Crippen LogP contribution in [0, 0.1) is 29.6 Å². The summed E-state index contributed by atoms with van der Waals surface area (Å²) in [5.41, 5.74) is 1.65. The molecule has 17 nitrogen and oxygen atoms in total. The van der Waals surface area contributed by atoms with E-state index < -0.39 is 53.5 Å². The summed E-state index contributed by atoms with van der Waals surface area (Å²) in [6.07, 6.45) is 8.01. The minimum atomic E-state index is -0.854. The molecule has 0 amide bonds. The van der Waals surface area contributed by atoms with Gasteiger partial charge in [-0.25, -0.2) is 0 Å². The lowest BCUT2D eigenvalue weighted by Gasteiger charge is -2.55. The fourth-order valence-corrected chi connectivity index (χ4v) is 18.9. The standard InChI is InChI=1S/C63H93NO16/c1-30-19-37-11-13-40-31(2)20-39(66-40)15-17-61-29-60(8)59(80-61)58-57(77-60)56(79-61)55-42(71-58)14-12-38(68-55)22-50(65)73-54-36(7)53-46(69-45(54)23-43(67-37)35(30)6)24-44-48(72-53)27-63(74-44)28-49-52(78-63)34(5)26-62(76-49)25-33(4)51-47(75-62)21-32(3)41(70-51)16-18-64(9)10/h30,32-34,36-49,51-59H,2,6,11-29H2,1,3-5,7-10H3. The first-order chi connectivity index (χ1) is 38.3. The highest BCUT2D eigenvalue weighted by Gasteiger charge is 2.73. The van der Waals surface area contributed by atoms with Crippen molar-refractivity contribution in [2.45, 2.75) is 314 Å². The van der Waals surface area contributed by atoms with Crippen LogP contribution < -0.4 is 0 Å². The summed E-state index contributed by atoms with van der Waals surface area (Å²) in [7, 11) is 4.26. The molecular weight excluding hydrogens is 1030 g/mol. The molecule has 16 aliphatic heterocycles. The van der Waals surface area contributed by atoms with Gasteiger partial charge in [0.25, 0.3) is 0 Å². The monoisotopic (exact) mass is 1120 g/mol. The molecule has 16 heterocycles. The van der Waals surface area contributed by atoms with Gasteiger partial charge in [-0.3, -0.25) is 4.79 Å². The summed E-state index contributed by atoms with van der Waals surface area (Å²) in [6.45, 7) is 23.7. The Morgan fingerprint density at radius 1 is 0.512 bits per heavy atom. The molecule has 0 aromatic carbocycles. The molecule has 16 aliphatic rings. The first kappa shape index (κ1) is 55.0. The van der Waals surface area contributed by atoms with E-state index in [1.165, 1.54) is 0 Å². The Hall–Kier alpha value is -1.65. The predicted molar refractivity (Wildman–Crippen MR) is 287 cm³/mol. The molecule has 0 aliphatic carbocycles. The normalized spacial score (nSPS) is 57.9. The summed E-state index contributed by atoms with van der Waals surface area (Å²) in [6, 6.07) is 0. The van der Waals surface area contributed by atoms with Crippen LogP contribution in [0.1, 0.15) is 157 Å². The molecule has 0 saturated carbocycles. The number of esters is 1. The number of fused-ring (bicyclic) bond motifs is 10. The van der Waals surface area contributed by atoms with Gasteiger partial charge in [-0.05, 0) is 120 Å². The Morgan fingerprint density at radius 2 is 1.21 bits per heavy atom.